The van der Waals surface area contributed by atoms with E-state index in [-0.39, 0.29) is 11.9 Å². The molecule has 6 heteroatoms. The molecule has 1 saturated heterocycles. The van der Waals surface area contributed by atoms with Gasteiger partial charge >= 0.3 is 5.97 Å². The highest BCUT2D eigenvalue weighted by Crippen LogP contribution is 2.26. The van der Waals surface area contributed by atoms with Crippen molar-refractivity contribution in [2.45, 2.75) is 19.4 Å². The molecule has 2 rings (SSSR count). The maximum atomic E-state index is 12.1. The molecule has 92 valence electrons. The number of carboxylic acid groups (broad SMARTS) is 1. The minimum absolute atomic E-state index is 0.146. The maximum Gasteiger partial charge on any atom is 0.308 e. The van der Waals surface area contributed by atoms with E-state index in [2.05, 4.69) is 20.9 Å². The summed E-state index contributed by atoms with van der Waals surface area (Å²) in [6.07, 6.45) is 2.20. The Kier molecular flexibility index (Phi) is 3.24. The van der Waals surface area contributed by atoms with Crippen molar-refractivity contribution in [3.8, 4) is 0 Å². The number of hydrogen-bond donors (Lipinski definition) is 2. The van der Waals surface area contributed by atoms with E-state index in [1.807, 2.05) is 0 Å². The standard InChI is InChI=1S/C11H13BrN2O3/c1-6-8(11(16)17)2-3-14(6)10(15)9-4-7(12)5-13-9/h4-6,8,13H,2-3H2,1H3,(H,16,17). The Labute approximate surface area is 107 Å². The van der Waals surface area contributed by atoms with Gasteiger partial charge in [-0.3, -0.25) is 9.59 Å². The second-order valence-corrected chi connectivity index (χ2v) is 5.12. The highest BCUT2D eigenvalue weighted by Gasteiger charge is 2.38. The Balaban J connectivity index is 2.14. The van der Waals surface area contributed by atoms with Gasteiger partial charge < -0.3 is 15.0 Å². The second kappa shape index (κ2) is 4.52. The predicted octanol–water partition coefficient (Wildman–Crippen LogP) is 1.71. The van der Waals surface area contributed by atoms with E-state index in [1.54, 1.807) is 24.1 Å². The number of likely N-dealkylation sites (tertiary alicyclic amines) is 1. The van der Waals surface area contributed by atoms with Crippen LogP contribution in [0.25, 0.3) is 0 Å². The third-order valence-corrected chi connectivity index (χ3v) is 3.67. The van der Waals surface area contributed by atoms with Crippen molar-refractivity contribution in [2.75, 3.05) is 6.54 Å². The van der Waals surface area contributed by atoms with E-state index in [0.717, 1.165) is 4.47 Å². The molecule has 0 saturated carbocycles. The molecule has 1 aliphatic heterocycles. The first-order chi connectivity index (χ1) is 8.00. The SMILES string of the molecule is CC1C(C(=O)O)CCN1C(=O)c1cc(Br)c[nH]1. The molecule has 2 atom stereocenters. The van der Waals surface area contributed by atoms with Crippen LogP contribution in [0.2, 0.25) is 0 Å². The smallest absolute Gasteiger partial charge is 0.308 e. The van der Waals surface area contributed by atoms with E-state index >= 15 is 0 Å². The summed E-state index contributed by atoms with van der Waals surface area (Å²) in [7, 11) is 0. The van der Waals surface area contributed by atoms with Crippen molar-refractivity contribution in [1.29, 1.82) is 0 Å². The molecule has 1 fully saturated rings. The zero-order chi connectivity index (χ0) is 12.6. The lowest BCUT2D eigenvalue weighted by atomic mass is 10.0. The summed E-state index contributed by atoms with van der Waals surface area (Å²) in [5, 5.41) is 9.00. The van der Waals surface area contributed by atoms with Gasteiger partial charge in [0.15, 0.2) is 0 Å². The Morgan fingerprint density at radius 3 is 2.76 bits per heavy atom. The number of aromatic amines is 1. The number of hydrogen-bond acceptors (Lipinski definition) is 2. The number of aromatic nitrogens is 1. The fourth-order valence-electron chi connectivity index (χ4n) is 2.20. The first kappa shape index (κ1) is 12.2. The summed E-state index contributed by atoms with van der Waals surface area (Å²) in [5.41, 5.74) is 0.481. The second-order valence-electron chi connectivity index (χ2n) is 4.20. The molecule has 0 spiro atoms. The van der Waals surface area contributed by atoms with Crippen molar-refractivity contribution in [3.63, 3.8) is 0 Å². The molecule has 0 aromatic carbocycles. The summed E-state index contributed by atoms with van der Waals surface area (Å²) < 4.78 is 0.808. The molecular weight excluding hydrogens is 288 g/mol. The molecule has 2 N–H and O–H groups in total. The number of carboxylic acids is 1. The highest BCUT2D eigenvalue weighted by atomic mass is 79.9. The van der Waals surface area contributed by atoms with Crippen molar-refractivity contribution >= 4 is 27.8 Å². The number of carbonyl (C=O) groups is 2. The Bertz CT molecular complexity index is 457. The number of carbonyl (C=O) groups excluding carboxylic acids is 1. The van der Waals surface area contributed by atoms with Crippen LogP contribution in [0, 0.1) is 5.92 Å². The summed E-state index contributed by atoms with van der Waals surface area (Å²) in [6, 6.07) is 1.44. The predicted molar refractivity (Wildman–Crippen MR) is 64.7 cm³/mol. The normalized spacial score (nSPS) is 24.0. The number of rotatable bonds is 2. The zero-order valence-corrected chi connectivity index (χ0v) is 10.9. The van der Waals surface area contributed by atoms with Gasteiger partial charge in [-0.2, -0.15) is 0 Å². The first-order valence-corrected chi connectivity index (χ1v) is 6.17. The fourth-order valence-corrected chi connectivity index (χ4v) is 2.55. The fraction of sp³-hybridized carbons (Fsp3) is 0.455. The molecular formula is C11H13BrN2O3. The van der Waals surface area contributed by atoms with Gasteiger partial charge in [0, 0.05) is 23.3 Å². The van der Waals surface area contributed by atoms with Gasteiger partial charge in [-0.25, -0.2) is 0 Å². The van der Waals surface area contributed by atoms with Gasteiger partial charge in [-0.1, -0.05) is 0 Å². The topological polar surface area (TPSA) is 73.4 Å². The van der Waals surface area contributed by atoms with Gasteiger partial charge in [0.05, 0.1) is 5.92 Å². The lowest BCUT2D eigenvalue weighted by Gasteiger charge is -2.22. The maximum absolute atomic E-state index is 12.1. The first-order valence-electron chi connectivity index (χ1n) is 5.38. The Morgan fingerprint density at radius 2 is 2.29 bits per heavy atom. The quantitative estimate of drug-likeness (QED) is 0.873. The van der Waals surface area contributed by atoms with Crippen LogP contribution in [-0.2, 0) is 4.79 Å². The van der Waals surface area contributed by atoms with Gasteiger partial charge in [-0.15, -0.1) is 0 Å². The lowest BCUT2D eigenvalue weighted by molar-refractivity contribution is -0.142. The van der Waals surface area contributed by atoms with Crippen molar-refractivity contribution in [1.82, 2.24) is 9.88 Å². The van der Waals surface area contributed by atoms with Gasteiger partial charge in [0.25, 0.3) is 5.91 Å². The van der Waals surface area contributed by atoms with Gasteiger partial charge in [-0.05, 0) is 35.3 Å². The van der Waals surface area contributed by atoms with Crippen LogP contribution in [-0.4, -0.2) is 39.5 Å². The number of halogens is 1. The van der Waals surface area contributed by atoms with Gasteiger partial charge in [0.2, 0.25) is 0 Å². The largest absolute Gasteiger partial charge is 0.481 e. The monoisotopic (exact) mass is 300 g/mol. The molecule has 5 nitrogen and oxygen atoms in total. The number of H-pyrrole nitrogens is 1. The van der Waals surface area contributed by atoms with E-state index in [4.69, 9.17) is 5.11 Å². The summed E-state index contributed by atoms with van der Waals surface area (Å²) in [4.78, 5) is 27.6. The van der Waals surface area contributed by atoms with E-state index in [0.29, 0.717) is 18.7 Å². The van der Waals surface area contributed by atoms with Crippen LogP contribution in [0.15, 0.2) is 16.7 Å². The van der Waals surface area contributed by atoms with Crippen LogP contribution in [0.5, 0.6) is 0 Å². The number of aliphatic carboxylic acids is 1. The third-order valence-electron chi connectivity index (χ3n) is 3.21. The molecule has 2 heterocycles. The molecule has 1 aromatic heterocycles. The molecule has 0 radical (unpaired) electrons. The van der Waals surface area contributed by atoms with Crippen LogP contribution < -0.4 is 0 Å². The van der Waals surface area contributed by atoms with Crippen LogP contribution in [0.4, 0.5) is 0 Å². The summed E-state index contributed by atoms with van der Waals surface area (Å²) >= 11 is 3.26. The average molecular weight is 301 g/mol. The minimum atomic E-state index is -0.833. The Morgan fingerprint density at radius 1 is 1.59 bits per heavy atom. The lowest BCUT2D eigenvalue weighted by Crippen LogP contribution is -2.37. The van der Waals surface area contributed by atoms with E-state index in [1.165, 1.54) is 0 Å². The Hall–Kier alpha value is -1.30. The average Bonchev–Trinajstić information content (AvgIpc) is 2.83. The summed E-state index contributed by atoms with van der Waals surface area (Å²) in [6.45, 7) is 2.27. The number of nitrogens with zero attached hydrogens (tertiary/aromatic N) is 1. The molecule has 0 aliphatic carbocycles. The van der Waals surface area contributed by atoms with Crippen LogP contribution >= 0.6 is 15.9 Å². The van der Waals surface area contributed by atoms with Crippen LogP contribution in [0.1, 0.15) is 23.8 Å². The molecule has 1 aromatic rings. The van der Waals surface area contributed by atoms with E-state index in [9.17, 15) is 9.59 Å². The van der Waals surface area contributed by atoms with Crippen molar-refractivity contribution in [2.24, 2.45) is 5.92 Å². The molecule has 1 aliphatic rings. The van der Waals surface area contributed by atoms with Crippen molar-refractivity contribution in [3.05, 3.63) is 22.4 Å². The third kappa shape index (κ3) is 2.22. The highest BCUT2D eigenvalue weighted by molar-refractivity contribution is 9.10. The zero-order valence-electron chi connectivity index (χ0n) is 9.31. The summed E-state index contributed by atoms with van der Waals surface area (Å²) in [5.74, 6) is -1.44. The van der Waals surface area contributed by atoms with E-state index < -0.39 is 11.9 Å². The molecule has 2 unspecified atom stereocenters. The molecule has 0 bridgehead atoms. The molecule has 17 heavy (non-hydrogen) atoms. The molecule has 1 amide bonds. The number of nitrogens with one attached hydrogen (secondary N) is 1. The number of amides is 1. The van der Waals surface area contributed by atoms with Crippen LogP contribution in [0.3, 0.4) is 0 Å². The minimum Gasteiger partial charge on any atom is -0.481 e. The van der Waals surface area contributed by atoms with Crippen molar-refractivity contribution < 1.29 is 14.7 Å². The van der Waals surface area contributed by atoms with Gasteiger partial charge in [0.1, 0.15) is 5.69 Å².